The fourth-order valence-corrected chi connectivity index (χ4v) is 2.80. The summed E-state index contributed by atoms with van der Waals surface area (Å²) in [5.74, 6) is -0.292. The third kappa shape index (κ3) is 5.21. The van der Waals surface area contributed by atoms with Gasteiger partial charge in [-0.3, -0.25) is 14.4 Å². The van der Waals surface area contributed by atoms with Gasteiger partial charge in [-0.15, -0.1) is 0 Å². The lowest BCUT2D eigenvalue weighted by atomic mass is 10.0. The van der Waals surface area contributed by atoms with Crippen molar-refractivity contribution < 1.29 is 19.1 Å². The van der Waals surface area contributed by atoms with Crippen molar-refractivity contribution in [3.05, 3.63) is 29.8 Å². The van der Waals surface area contributed by atoms with Crippen molar-refractivity contribution in [2.24, 2.45) is 5.92 Å². The second-order valence-electron chi connectivity index (χ2n) is 6.65. The Morgan fingerprint density at radius 2 is 1.96 bits per heavy atom. The lowest BCUT2D eigenvalue weighted by Gasteiger charge is -2.27. The molecule has 1 aliphatic rings. The van der Waals surface area contributed by atoms with E-state index < -0.39 is 12.1 Å². The maximum absolute atomic E-state index is 12.6. The Morgan fingerprint density at radius 3 is 2.54 bits per heavy atom. The lowest BCUT2D eigenvalue weighted by Crippen LogP contribution is -2.56. The Hall–Kier alpha value is -2.57. The van der Waals surface area contributed by atoms with Crippen LogP contribution in [0.1, 0.15) is 44.0 Å². The largest absolute Gasteiger partial charge is 0.494 e. The lowest BCUT2D eigenvalue weighted by molar-refractivity contribution is -0.131. The molecule has 1 aromatic rings. The molecule has 1 heterocycles. The molecule has 1 saturated heterocycles. The van der Waals surface area contributed by atoms with Crippen LogP contribution in [0.5, 0.6) is 5.75 Å². The Balaban J connectivity index is 2.00. The summed E-state index contributed by atoms with van der Waals surface area (Å²) in [6.07, 6.45) is 1.43. The van der Waals surface area contributed by atoms with Gasteiger partial charge in [-0.25, -0.2) is 0 Å². The summed E-state index contributed by atoms with van der Waals surface area (Å²) in [5.41, 5.74) is 0.447. The van der Waals surface area contributed by atoms with Crippen molar-refractivity contribution in [3.8, 4) is 5.75 Å². The highest BCUT2D eigenvalue weighted by atomic mass is 16.5. The SMILES string of the molecule is CCOc1ccc(C(=O)NC(C(=O)NC2CCCNC2=O)C(C)C)cc1. The van der Waals surface area contributed by atoms with E-state index in [1.807, 2.05) is 20.8 Å². The van der Waals surface area contributed by atoms with Crippen molar-refractivity contribution >= 4 is 17.7 Å². The number of piperidine rings is 1. The number of rotatable bonds is 7. The molecule has 0 bridgehead atoms. The molecule has 2 atom stereocenters. The molecule has 1 aromatic carbocycles. The monoisotopic (exact) mass is 361 g/mol. The molecule has 1 fully saturated rings. The van der Waals surface area contributed by atoms with E-state index in [1.165, 1.54) is 0 Å². The fraction of sp³-hybridized carbons (Fsp3) is 0.526. The first kappa shape index (κ1) is 19.8. The molecule has 0 aromatic heterocycles. The number of carbonyl (C=O) groups is 3. The molecule has 0 aliphatic carbocycles. The minimum Gasteiger partial charge on any atom is -0.494 e. The quantitative estimate of drug-likeness (QED) is 0.681. The van der Waals surface area contributed by atoms with Gasteiger partial charge in [0.15, 0.2) is 0 Å². The first-order valence-corrected chi connectivity index (χ1v) is 9.04. The van der Waals surface area contributed by atoms with E-state index in [9.17, 15) is 14.4 Å². The van der Waals surface area contributed by atoms with E-state index in [0.717, 1.165) is 6.42 Å². The summed E-state index contributed by atoms with van der Waals surface area (Å²) in [4.78, 5) is 36.9. The molecule has 2 unspecified atom stereocenters. The van der Waals surface area contributed by atoms with Gasteiger partial charge in [0.05, 0.1) is 6.61 Å². The van der Waals surface area contributed by atoms with Crippen LogP contribution in [0.4, 0.5) is 0 Å². The molecule has 1 aliphatic heterocycles. The van der Waals surface area contributed by atoms with Crippen molar-refractivity contribution in [2.75, 3.05) is 13.2 Å². The molecule has 7 heteroatoms. The van der Waals surface area contributed by atoms with E-state index >= 15 is 0 Å². The fourth-order valence-electron chi connectivity index (χ4n) is 2.80. The smallest absolute Gasteiger partial charge is 0.251 e. The van der Waals surface area contributed by atoms with Crippen LogP contribution in [0.15, 0.2) is 24.3 Å². The number of hydrogen-bond acceptors (Lipinski definition) is 4. The average Bonchev–Trinajstić information content (AvgIpc) is 2.62. The first-order valence-electron chi connectivity index (χ1n) is 9.04. The van der Waals surface area contributed by atoms with Crippen LogP contribution >= 0.6 is 0 Å². The van der Waals surface area contributed by atoms with Crippen LogP contribution in [-0.4, -0.2) is 43.0 Å². The molecule has 0 radical (unpaired) electrons. The zero-order valence-electron chi connectivity index (χ0n) is 15.5. The summed E-state index contributed by atoms with van der Waals surface area (Å²) < 4.78 is 5.36. The van der Waals surface area contributed by atoms with E-state index in [2.05, 4.69) is 16.0 Å². The molecule has 26 heavy (non-hydrogen) atoms. The van der Waals surface area contributed by atoms with Gasteiger partial charge in [-0.1, -0.05) is 13.8 Å². The Labute approximate surface area is 153 Å². The van der Waals surface area contributed by atoms with Gasteiger partial charge in [0.2, 0.25) is 11.8 Å². The molecule has 7 nitrogen and oxygen atoms in total. The van der Waals surface area contributed by atoms with Gasteiger partial charge < -0.3 is 20.7 Å². The van der Waals surface area contributed by atoms with E-state index in [1.54, 1.807) is 24.3 Å². The molecule has 3 N–H and O–H groups in total. The zero-order valence-corrected chi connectivity index (χ0v) is 15.5. The van der Waals surface area contributed by atoms with Crippen molar-refractivity contribution in [1.29, 1.82) is 0 Å². The van der Waals surface area contributed by atoms with E-state index in [0.29, 0.717) is 30.9 Å². The number of ether oxygens (including phenoxy) is 1. The van der Waals surface area contributed by atoms with Gasteiger partial charge in [0, 0.05) is 12.1 Å². The molecule has 0 spiro atoms. The summed E-state index contributed by atoms with van der Waals surface area (Å²) in [7, 11) is 0. The van der Waals surface area contributed by atoms with Crippen molar-refractivity contribution in [3.63, 3.8) is 0 Å². The maximum atomic E-state index is 12.6. The number of amides is 3. The summed E-state index contributed by atoms with van der Waals surface area (Å²) in [5, 5.41) is 8.25. The number of nitrogens with one attached hydrogen (secondary N) is 3. The van der Waals surface area contributed by atoms with Gasteiger partial charge >= 0.3 is 0 Å². The van der Waals surface area contributed by atoms with Crippen molar-refractivity contribution in [1.82, 2.24) is 16.0 Å². The van der Waals surface area contributed by atoms with Crippen LogP contribution in [0.2, 0.25) is 0 Å². The van der Waals surface area contributed by atoms with Crippen LogP contribution in [0.25, 0.3) is 0 Å². The van der Waals surface area contributed by atoms with Crippen molar-refractivity contribution in [2.45, 2.75) is 45.7 Å². The maximum Gasteiger partial charge on any atom is 0.251 e. The molecule has 2 rings (SSSR count). The third-order valence-electron chi connectivity index (χ3n) is 4.27. The number of hydrogen-bond donors (Lipinski definition) is 3. The van der Waals surface area contributed by atoms with Gasteiger partial charge in [0.1, 0.15) is 17.8 Å². The Kier molecular flexibility index (Phi) is 7.00. The summed E-state index contributed by atoms with van der Waals surface area (Å²) in [6, 6.07) is 5.49. The molecule has 142 valence electrons. The predicted molar refractivity (Wildman–Crippen MR) is 97.9 cm³/mol. The van der Waals surface area contributed by atoms with Crippen LogP contribution in [0.3, 0.4) is 0 Å². The highest BCUT2D eigenvalue weighted by Crippen LogP contribution is 2.13. The third-order valence-corrected chi connectivity index (χ3v) is 4.27. The Bertz CT molecular complexity index is 643. The molecule has 3 amide bonds. The highest BCUT2D eigenvalue weighted by molar-refractivity contribution is 5.98. The molecular formula is C19H27N3O4. The molecule has 0 saturated carbocycles. The minimum atomic E-state index is -0.719. The normalized spacial score (nSPS) is 18.0. The van der Waals surface area contributed by atoms with Crippen LogP contribution in [-0.2, 0) is 9.59 Å². The zero-order chi connectivity index (χ0) is 19.1. The first-order chi connectivity index (χ1) is 12.4. The summed E-state index contributed by atoms with van der Waals surface area (Å²) >= 11 is 0. The minimum absolute atomic E-state index is 0.117. The predicted octanol–water partition coefficient (Wildman–Crippen LogP) is 1.23. The number of benzene rings is 1. The standard InChI is InChI=1S/C19H27N3O4/c1-4-26-14-9-7-13(8-10-14)17(23)22-16(12(2)3)19(25)21-15-6-5-11-20-18(15)24/h7-10,12,15-16H,4-6,11H2,1-3H3,(H,20,24)(H,21,25)(H,22,23). The summed E-state index contributed by atoms with van der Waals surface area (Å²) in [6.45, 7) is 6.77. The van der Waals surface area contributed by atoms with Crippen LogP contribution < -0.4 is 20.7 Å². The molecular weight excluding hydrogens is 334 g/mol. The van der Waals surface area contributed by atoms with Gasteiger partial charge in [-0.2, -0.15) is 0 Å². The highest BCUT2D eigenvalue weighted by Gasteiger charge is 2.30. The Morgan fingerprint density at radius 1 is 1.27 bits per heavy atom. The van der Waals surface area contributed by atoms with Gasteiger partial charge in [0.25, 0.3) is 5.91 Å². The second kappa shape index (κ2) is 9.22. The van der Waals surface area contributed by atoms with Gasteiger partial charge in [-0.05, 0) is 49.9 Å². The van der Waals surface area contributed by atoms with E-state index in [4.69, 9.17) is 4.74 Å². The second-order valence-corrected chi connectivity index (χ2v) is 6.65. The topological polar surface area (TPSA) is 96.5 Å². The van der Waals surface area contributed by atoms with Crippen LogP contribution in [0, 0.1) is 5.92 Å². The van der Waals surface area contributed by atoms with E-state index in [-0.39, 0.29) is 23.6 Å². The number of carbonyl (C=O) groups excluding carboxylic acids is 3. The average molecular weight is 361 g/mol.